The number of nitrogens with one attached hydrogen (secondary N) is 1. The Labute approximate surface area is 108 Å². The Hall–Kier alpha value is -0.190. The van der Waals surface area contributed by atoms with Gasteiger partial charge in [0.05, 0.1) is 0 Å². The van der Waals surface area contributed by atoms with Gasteiger partial charge >= 0.3 is 0 Å². The summed E-state index contributed by atoms with van der Waals surface area (Å²) in [5, 5.41) is 3.44. The first-order valence-corrected chi connectivity index (χ1v) is 7.82. The van der Waals surface area contributed by atoms with Gasteiger partial charge in [0.2, 0.25) is 0 Å². The zero-order valence-electron chi connectivity index (χ0n) is 9.87. The van der Waals surface area contributed by atoms with Crippen LogP contribution >= 0.6 is 15.9 Å². The molecule has 1 rings (SSSR count). The molecule has 1 aromatic rings. The largest absolute Gasteiger partial charge is 0.307 e. The van der Waals surface area contributed by atoms with Crippen LogP contribution in [0.2, 0.25) is 0 Å². The van der Waals surface area contributed by atoms with Crippen LogP contribution in [-0.4, -0.2) is 22.3 Å². The molecule has 1 aromatic carbocycles. The lowest BCUT2D eigenvalue weighted by Gasteiger charge is -2.19. The summed E-state index contributed by atoms with van der Waals surface area (Å²) in [7, 11) is -0.742. The molecule has 0 spiro atoms. The minimum Gasteiger partial charge on any atom is -0.307 e. The van der Waals surface area contributed by atoms with Crippen molar-refractivity contribution in [2.24, 2.45) is 0 Å². The molecule has 0 aliphatic heterocycles. The van der Waals surface area contributed by atoms with Gasteiger partial charge in [-0.1, -0.05) is 28.1 Å². The smallest absolute Gasteiger partial charge is 0.0383 e. The van der Waals surface area contributed by atoms with Gasteiger partial charge in [-0.25, -0.2) is 0 Å². The average Bonchev–Trinajstić information content (AvgIpc) is 2.16. The molecule has 3 unspecified atom stereocenters. The maximum absolute atomic E-state index is 11.1. The lowest BCUT2D eigenvalue weighted by atomic mass is 10.1. The maximum atomic E-state index is 11.1. The maximum Gasteiger partial charge on any atom is 0.0383 e. The van der Waals surface area contributed by atoms with E-state index in [-0.39, 0.29) is 12.1 Å². The second-order valence-electron chi connectivity index (χ2n) is 4.08. The summed E-state index contributed by atoms with van der Waals surface area (Å²) in [6, 6.07) is 8.82. The molecule has 0 aliphatic carbocycles. The van der Waals surface area contributed by atoms with Crippen LogP contribution in [0.5, 0.6) is 0 Å². The molecule has 0 bridgehead atoms. The Morgan fingerprint density at radius 3 is 2.38 bits per heavy atom. The van der Waals surface area contributed by atoms with E-state index in [0.29, 0.717) is 5.75 Å². The first kappa shape index (κ1) is 13.9. The molecule has 0 aromatic heterocycles. The molecule has 0 aliphatic rings. The minimum atomic E-state index is -0.742. The first-order chi connectivity index (χ1) is 7.49. The van der Waals surface area contributed by atoms with Crippen molar-refractivity contribution < 1.29 is 4.21 Å². The van der Waals surface area contributed by atoms with E-state index >= 15 is 0 Å². The van der Waals surface area contributed by atoms with Gasteiger partial charge in [0.1, 0.15) is 0 Å². The summed E-state index contributed by atoms with van der Waals surface area (Å²) >= 11 is 3.42. The third-order valence-corrected chi connectivity index (χ3v) is 3.89. The highest BCUT2D eigenvalue weighted by Gasteiger charge is 2.10. The third-order valence-electron chi connectivity index (χ3n) is 2.39. The van der Waals surface area contributed by atoms with Gasteiger partial charge in [-0.3, -0.25) is 4.21 Å². The molecule has 0 saturated carbocycles. The molecule has 4 heteroatoms. The Bertz CT molecular complexity index is 353. The monoisotopic (exact) mass is 303 g/mol. The lowest BCUT2D eigenvalue weighted by molar-refractivity contribution is 0.508. The van der Waals surface area contributed by atoms with Crippen LogP contribution in [0, 0.1) is 0 Å². The standard InChI is InChI=1S/C12H18BrNOS/c1-9(8-16(3)15)14-10(2)11-4-6-12(13)7-5-11/h4-7,9-10,14H,8H2,1-3H3. The molecule has 16 heavy (non-hydrogen) atoms. The fourth-order valence-corrected chi connectivity index (χ4v) is 2.74. The number of hydrogen-bond acceptors (Lipinski definition) is 2. The minimum absolute atomic E-state index is 0.268. The van der Waals surface area contributed by atoms with Crippen molar-refractivity contribution in [2.75, 3.05) is 12.0 Å². The normalized spacial score (nSPS) is 16.8. The van der Waals surface area contributed by atoms with Crippen LogP contribution in [0.3, 0.4) is 0 Å². The third kappa shape index (κ3) is 4.76. The van der Waals surface area contributed by atoms with Crippen LogP contribution in [-0.2, 0) is 10.8 Å². The van der Waals surface area contributed by atoms with Gasteiger partial charge in [-0.15, -0.1) is 0 Å². The van der Waals surface area contributed by atoms with Gasteiger partial charge in [-0.05, 0) is 31.5 Å². The summed E-state index contributed by atoms with van der Waals surface area (Å²) in [6.07, 6.45) is 1.74. The Morgan fingerprint density at radius 2 is 1.88 bits per heavy atom. The van der Waals surface area contributed by atoms with Gasteiger partial charge < -0.3 is 5.32 Å². The number of hydrogen-bond donors (Lipinski definition) is 1. The summed E-state index contributed by atoms with van der Waals surface area (Å²) in [6.45, 7) is 4.19. The SMILES string of the molecule is CC(CS(C)=O)NC(C)c1ccc(Br)cc1. The van der Waals surface area contributed by atoms with Gasteiger partial charge in [0, 0.05) is 39.4 Å². The molecule has 90 valence electrons. The van der Waals surface area contributed by atoms with E-state index < -0.39 is 10.8 Å². The molecule has 0 radical (unpaired) electrons. The average molecular weight is 304 g/mol. The summed E-state index contributed by atoms with van der Waals surface area (Å²) in [5.74, 6) is 0.695. The molecule has 1 N–H and O–H groups in total. The number of rotatable bonds is 5. The molecule has 0 fully saturated rings. The summed E-state index contributed by atoms with van der Waals surface area (Å²) in [4.78, 5) is 0. The number of benzene rings is 1. The molecular formula is C12H18BrNOS. The topological polar surface area (TPSA) is 29.1 Å². The molecular weight excluding hydrogens is 286 g/mol. The highest BCUT2D eigenvalue weighted by molar-refractivity contribution is 9.10. The van der Waals surface area contributed by atoms with Crippen LogP contribution in [0.4, 0.5) is 0 Å². The zero-order valence-corrected chi connectivity index (χ0v) is 12.3. The predicted octanol–water partition coefficient (Wildman–Crippen LogP) is 2.87. The van der Waals surface area contributed by atoms with E-state index in [2.05, 4.69) is 47.2 Å². The van der Waals surface area contributed by atoms with E-state index in [1.807, 2.05) is 12.1 Å². The fourth-order valence-electron chi connectivity index (χ4n) is 1.67. The van der Waals surface area contributed by atoms with Crippen molar-refractivity contribution in [1.29, 1.82) is 0 Å². The first-order valence-electron chi connectivity index (χ1n) is 5.30. The second-order valence-corrected chi connectivity index (χ2v) is 6.48. The van der Waals surface area contributed by atoms with Crippen LogP contribution < -0.4 is 5.32 Å². The fraction of sp³-hybridized carbons (Fsp3) is 0.500. The molecule has 0 amide bonds. The van der Waals surface area contributed by atoms with E-state index in [1.54, 1.807) is 6.26 Å². The highest BCUT2D eigenvalue weighted by Crippen LogP contribution is 2.16. The van der Waals surface area contributed by atoms with Crippen LogP contribution in [0.1, 0.15) is 25.5 Å². The van der Waals surface area contributed by atoms with Gasteiger partial charge in [-0.2, -0.15) is 0 Å². The summed E-state index contributed by atoms with van der Waals surface area (Å²) in [5.41, 5.74) is 1.25. The van der Waals surface area contributed by atoms with Crippen molar-refractivity contribution >= 4 is 26.7 Å². The predicted molar refractivity (Wildman–Crippen MR) is 74.1 cm³/mol. The lowest BCUT2D eigenvalue weighted by Crippen LogP contribution is -2.33. The Balaban J connectivity index is 2.54. The van der Waals surface area contributed by atoms with E-state index in [9.17, 15) is 4.21 Å². The summed E-state index contributed by atoms with van der Waals surface area (Å²) < 4.78 is 12.2. The molecule has 3 atom stereocenters. The van der Waals surface area contributed by atoms with Gasteiger partial charge in [0.25, 0.3) is 0 Å². The Morgan fingerprint density at radius 1 is 1.31 bits per heavy atom. The quantitative estimate of drug-likeness (QED) is 0.906. The molecule has 0 saturated heterocycles. The molecule has 2 nitrogen and oxygen atoms in total. The van der Waals surface area contributed by atoms with Crippen LogP contribution in [0.15, 0.2) is 28.7 Å². The van der Waals surface area contributed by atoms with Crippen molar-refractivity contribution in [2.45, 2.75) is 25.9 Å². The van der Waals surface area contributed by atoms with Crippen molar-refractivity contribution in [1.82, 2.24) is 5.32 Å². The Kier molecular flexibility index (Phi) is 5.66. The van der Waals surface area contributed by atoms with Crippen molar-refractivity contribution in [3.05, 3.63) is 34.3 Å². The van der Waals surface area contributed by atoms with E-state index in [0.717, 1.165) is 4.47 Å². The zero-order chi connectivity index (χ0) is 12.1. The van der Waals surface area contributed by atoms with Gasteiger partial charge in [0.15, 0.2) is 0 Å². The number of halogens is 1. The highest BCUT2D eigenvalue weighted by atomic mass is 79.9. The second kappa shape index (κ2) is 6.52. The molecule has 0 heterocycles. The van der Waals surface area contributed by atoms with E-state index in [4.69, 9.17) is 0 Å². The van der Waals surface area contributed by atoms with E-state index in [1.165, 1.54) is 5.56 Å². The van der Waals surface area contributed by atoms with Crippen LogP contribution in [0.25, 0.3) is 0 Å². The van der Waals surface area contributed by atoms with Crippen molar-refractivity contribution in [3.8, 4) is 0 Å². The van der Waals surface area contributed by atoms with Crippen molar-refractivity contribution in [3.63, 3.8) is 0 Å².